The fourth-order valence-corrected chi connectivity index (χ4v) is 4.58. The molecule has 2 heterocycles. The van der Waals surface area contributed by atoms with Crippen molar-refractivity contribution in [2.24, 2.45) is 0 Å². The number of rotatable bonds is 6. The highest BCUT2D eigenvalue weighted by molar-refractivity contribution is 6.38. The average molecular weight is 585 g/mol. The van der Waals surface area contributed by atoms with E-state index < -0.39 is 29.7 Å². The van der Waals surface area contributed by atoms with Gasteiger partial charge in [-0.15, -0.1) is 0 Å². The molecule has 0 bridgehead atoms. The van der Waals surface area contributed by atoms with Crippen LogP contribution in [0.2, 0.25) is 10.0 Å². The molecule has 0 aliphatic carbocycles. The number of benzene rings is 2. The van der Waals surface area contributed by atoms with E-state index in [9.17, 15) is 14.7 Å². The number of hydrogen-bond acceptors (Lipinski definition) is 6. The molecule has 11 heteroatoms. The van der Waals surface area contributed by atoms with Crippen LogP contribution >= 0.6 is 23.2 Å². The molecule has 4 rings (SSSR count). The van der Waals surface area contributed by atoms with Gasteiger partial charge in [-0.1, -0.05) is 47.5 Å². The monoisotopic (exact) mass is 584 g/mol. The minimum absolute atomic E-state index is 0.0321. The Balaban J connectivity index is 1.64. The van der Waals surface area contributed by atoms with Crippen LogP contribution in [-0.2, 0) is 4.74 Å². The number of ether oxygens (including phenoxy) is 2. The average Bonchev–Trinajstić information content (AvgIpc) is 3.31. The van der Waals surface area contributed by atoms with Crippen molar-refractivity contribution in [2.75, 3.05) is 0 Å². The van der Waals surface area contributed by atoms with Gasteiger partial charge in [-0.25, -0.2) is 20.2 Å². The first-order chi connectivity index (χ1) is 18.9. The van der Waals surface area contributed by atoms with Crippen LogP contribution in [0, 0.1) is 0 Å². The molecule has 3 N–H and O–H groups in total. The molecule has 0 aliphatic heterocycles. The van der Waals surface area contributed by atoms with Crippen LogP contribution in [-0.4, -0.2) is 43.7 Å². The van der Waals surface area contributed by atoms with E-state index in [-0.39, 0.29) is 15.6 Å². The molecule has 9 nitrogen and oxygen atoms in total. The lowest BCUT2D eigenvalue weighted by molar-refractivity contribution is 0.0242. The van der Waals surface area contributed by atoms with Gasteiger partial charge in [0.2, 0.25) is 0 Å². The van der Waals surface area contributed by atoms with Crippen LogP contribution in [0.25, 0.3) is 11.0 Å². The molecule has 40 heavy (non-hydrogen) atoms. The molecule has 0 fully saturated rings. The number of fused-ring (bicyclic) bond motifs is 1. The number of carbonyl (C=O) groups excluding carboxylic acids is 2. The van der Waals surface area contributed by atoms with Gasteiger partial charge >= 0.3 is 6.09 Å². The minimum atomic E-state index is -1.20. The number of nitrogens with one attached hydrogen (secondary N) is 2. The summed E-state index contributed by atoms with van der Waals surface area (Å²) in [6, 6.07) is 13.8. The Morgan fingerprint density at radius 2 is 1.75 bits per heavy atom. The van der Waals surface area contributed by atoms with E-state index in [0.29, 0.717) is 33.7 Å². The molecular formula is C29H30Cl2N4O5. The number of aliphatic hydroxyl groups excluding tert-OH is 1. The van der Waals surface area contributed by atoms with Gasteiger partial charge in [-0.2, -0.15) is 0 Å². The van der Waals surface area contributed by atoms with E-state index in [2.05, 4.69) is 15.4 Å². The number of aromatic nitrogens is 2. The standard InChI is InChI=1S/C29H30Cl2N4O5/c1-16(2)35(34-28(38)40-29(3,4)5)27(37)21-15-33-26-23(24(21)31)20(14-32-26)25(36)19-12-11-18(13-22(19)30)39-17-9-7-6-8-10-17/h6-16,25,36H,1-5H3,(H,32,33)(H,34,38). The Morgan fingerprint density at radius 3 is 2.38 bits per heavy atom. The van der Waals surface area contributed by atoms with Gasteiger partial charge in [-0.3, -0.25) is 4.79 Å². The van der Waals surface area contributed by atoms with Crippen LogP contribution in [0.5, 0.6) is 11.5 Å². The summed E-state index contributed by atoms with van der Waals surface area (Å²) in [5, 5.41) is 13.1. The minimum Gasteiger partial charge on any atom is -0.457 e. The summed E-state index contributed by atoms with van der Waals surface area (Å²) < 4.78 is 11.1. The molecule has 0 aliphatic rings. The predicted octanol–water partition coefficient (Wildman–Crippen LogP) is 7.03. The lowest BCUT2D eigenvalue weighted by atomic mass is 10.0. The lowest BCUT2D eigenvalue weighted by Crippen LogP contribution is -2.51. The lowest BCUT2D eigenvalue weighted by Gasteiger charge is -2.29. The van der Waals surface area contributed by atoms with Crippen molar-refractivity contribution in [3.63, 3.8) is 0 Å². The van der Waals surface area contributed by atoms with Crippen molar-refractivity contribution in [2.45, 2.75) is 52.4 Å². The largest absolute Gasteiger partial charge is 0.457 e. The molecule has 210 valence electrons. The van der Waals surface area contributed by atoms with E-state index in [1.54, 1.807) is 59.0 Å². The number of H-pyrrole nitrogens is 1. The summed E-state index contributed by atoms with van der Waals surface area (Å²) >= 11 is 13.3. The second-order valence-electron chi connectivity index (χ2n) is 10.3. The number of amides is 2. The smallest absolute Gasteiger partial charge is 0.426 e. The van der Waals surface area contributed by atoms with Gasteiger partial charge in [0.1, 0.15) is 28.9 Å². The van der Waals surface area contributed by atoms with Crippen LogP contribution < -0.4 is 10.2 Å². The van der Waals surface area contributed by atoms with Gasteiger partial charge < -0.3 is 19.6 Å². The third-order valence-electron chi connectivity index (χ3n) is 5.78. The van der Waals surface area contributed by atoms with Gasteiger partial charge in [-0.05, 0) is 58.9 Å². The molecule has 1 unspecified atom stereocenters. The molecule has 2 aromatic carbocycles. The van der Waals surface area contributed by atoms with E-state index in [1.807, 2.05) is 30.3 Å². The Hall–Kier alpha value is -3.79. The maximum absolute atomic E-state index is 13.5. The highest BCUT2D eigenvalue weighted by Gasteiger charge is 2.29. The van der Waals surface area contributed by atoms with Crippen molar-refractivity contribution in [3.8, 4) is 11.5 Å². The fraction of sp³-hybridized carbons (Fsp3) is 0.276. The molecule has 2 amide bonds. The maximum atomic E-state index is 13.5. The highest BCUT2D eigenvalue weighted by atomic mass is 35.5. The zero-order valence-electron chi connectivity index (χ0n) is 22.7. The summed E-state index contributed by atoms with van der Waals surface area (Å²) in [6.45, 7) is 8.62. The molecular weight excluding hydrogens is 555 g/mol. The number of aromatic amines is 1. The van der Waals surface area contributed by atoms with Crippen molar-refractivity contribution in [3.05, 3.63) is 87.7 Å². The molecule has 1 atom stereocenters. The SMILES string of the molecule is CC(C)N(NC(=O)OC(C)(C)C)C(=O)c1cnc2[nH]cc(C(O)c3ccc(Oc4ccccc4)cc3Cl)c2c1Cl. The first kappa shape index (κ1) is 29.2. The van der Waals surface area contributed by atoms with Gasteiger partial charge in [0, 0.05) is 34.9 Å². The molecule has 0 saturated heterocycles. The van der Waals surface area contributed by atoms with E-state index in [1.165, 1.54) is 6.20 Å². The molecule has 0 saturated carbocycles. The van der Waals surface area contributed by atoms with Crippen LogP contribution in [0.3, 0.4) is 0 Å². The zero-order chi connectivity index (χ0) is 29.2. The second kappa shape index (κ2) is 11.8. The summed E-state index contributed by atoms with van der Waals surface area (Å²) in [6.07, 6.45) is 0.894. The van der Waals surface area contributed by atoms with E-state index >= 15 is 0 Å². The van der Waals surface area contributed by atoms with Crippen LogP contribution in [0.15, 0.2) is 60.9 Å². The van der Waals surface area contributed by atoms with Crippen LogP contribution in [0.4, 0.5) is 4.79 Å². The Kier molecular flexibility index (Phi) is 8.58. The Bertz CT molecular complexity index is 1530. The Labute approximate surface area is 242 Å². The summed E-state index contributed by atoms with van der Waals surface area (Å²) in [4.78, 5) is 33.2. The number of pyridine rings is 1. The Morgan fingerprint density at radius 1 is 1.05 bits per heavy atom. The quantitative estimate of drug-likeness (QED) is 0.209. The van der Waals surface area contributed by atoms with Crippen molar-refractivity contribution in [1.82, 2.24) is 20.4 Å². The third-order valence-corrected chi connectivity index (χ3v) is 6.50. The number of aliphatic hydroxyl groups is 1. The zero-order valence-corrected chi connectivity index (χ0v) is 24.2. The molecule has 0 radical (unpaired) electrons. The second-order valence-corrected chi connectivity index (χ2v) is 11.1. The normalized spacial score (nSPS) is 12.3. The van der Waals surface area contributed by atoms with Crippen molar-refractivity contribution < 1.29 is 24.2 Å². The van der Waals surface area contributed by atoms with Crippen molar-refractivity contribution in [1.29, 1.82) is 0 Å². The predicted molar refractivity (Wildman–Crippen MR) is 154 cm³/mol. The topological polar surface area (TPSA) is 117 Å². The van der Waals surface area contributed by atoms with E-state index in [4.69, 9.17) is 32.7 Å². The first-order valence-corrected chi connectivity index (χ1v) is 13.3. The van der Waals surface area contributed by atoms with Gasteiger partial charge in [0.25, 0.3) is 5.91 Å². The summed E-state index contributed by atoms with van der Waals surface area (Å²) in [5.41, 5.74) is 2.91. The van der Waals surface area contributed by atoms with Gasteiger partial charge in [0.15, 0.2) is 0 Å². The summed E-state index contributed by atoms with van der Waals surface area (Å²) in [5.74, 6) is 0.558. The highest BCUT2D eigenvalue weighted by Crippen LogP contribution is 2.38. The molecule has 2 aromatic heterocycles. The first-order valence-electron chi connectivity index (χ1n) is 12.5. The number of halogens is 2. The van der Waals surface area contributed by atoms with Gasteiger partial charge in [0.05, 0.1) is 15.6 Å². The number of nitrogens with zero attached hydrogens (tertiary/aromatic N) is 2. The fourth-order valence-electron chi connectivity index (χ4n) is 3.97. The maximum Gasteiger partial charge on any atom is 0.426 e. The molecule has 4 aromatic rings. The number of hydrazine groups is 1. The number of carbonyl (C=O) groups is 2. The number of para-hydroxylation sites is 1. The van der Waals surface area contributed by atoms with Crippen molar-refractivity contribution >= 4 is 46.2 Å². The molecule has 0 spiro atoms. The third kappa shape index (κ3) is 6.50. The number of hydrogen-bond donors (Lipinski definition) is 3. The van der Waals surface area contributed by atoms with E-state index in [0.717, 1.165) is 5.01 Å². The van der Waals surface area contributed by atoms with Crippen LogP contribution in [0.1, 0.15) is 62.2 Å². The summed E-state index contributed by atoms with van der Waals surface area (Å²) in [7, 11) is 0.